The molecular weight excluding hydrogens is 442 g/mol. The minimum absolute atomic E-state index is 0.175. The van der Waals surface area contributed by atoms with Crippen molar-refractivity contribution in [3.63, 3.8) is 0 Å². The summed E-state index contributed by atoms with van der Waals surface area (Å²) in [4.78, 5) is 15.3. The minimum atomic E-state index is 0.175. The molecule has 33 heavy (non-hydrogen) atoms. The maximum atomic E-state index is 5.94. The van der Waals surface area contributed by atoms with Crippen molar-refractivity contribution in [1.82, 2.24) is 29.7 Å². The zero-order chi connectivity index (χ0) is 22.5. The lowest BCUT2D eigenvalue weighted by molar-refractivity contribution is 0.0942. The van der Waals surface area contributed by atoms with Crippen LogP contribution < -0.4 is 16.0 Å². The summed E-state index contributed by atoms with van der Waals surface area (Å²) in [5.41, 5.74) is 6.83. The van der Waals surface area contributed by atoms with E-state index in [1.54, 1.807) is 0 Å². The summed E-state index contributed by atoms with van der Waals surface area (Å²) in [6.45, 7) is 4.51. The summed E-state index contributed by atoms with van der Waals surface area (Å²) in [6, 6.07) is 9.71. The topological polar surface area (TPSA) is 129 Å². The Balaban J connectivity index is 1.33. The molecule has 4 heterocycles. The second-order valence-corrected chi connectivity index (χ2v) is 8.78. The number of nitrogens with zero attached hydrogens (tertiary/aromatic N) is 7. The predicted molar refractivity (Wildman–Crippen MR) is 126 cm³/mol. The fourth-order valence-electron chi connectivity index (χ4n) is 3.87. The molecule has 0 amide bonds. The van der Waals surface area contributed by atoms with Gasteiger partial charge in [0.05, 0.1) is 31.6 Å². The standard InChI is InChI=1S/C21H27N9O2S/c22-18-24-17(25-19(26-18)23-15-5-2-1-3-6-15)14-33-21-28-27-20(29-8-11-31-12-9-29)30(21)13-16-7-4-10-32-16/h1-3,5-6,16H,4,7-14H2,(H3,22,23,24,25,26). The summed E-state index contributed by atoms with van der Waals surface area (Å²) in [6.07, 6.45) is 2.31. The molecule has 174 valence electrons. The first-order valence-electron chi connectivity index (χ1n) is 11.1. The Morgan fingerprint density at radius 3 is 2.70 bits per heavy atom. The van der Waals surface area contributed by atoms with Gasteiger partial charge in [0.1, 0.15) is 5.82 Å². The number of nitrogens with two attached hydrogens (primary N) is 1. The Labute approximate surface area is 196 Å². The third kappa shape index (κ3) is 5.52. The molecule has 0 saturated carbocycles. The molecule has 12 heteroatoms. The highest BCUT2D eigenvalue weighted by molar-refractivity contribution is 7.98. The molecule has 1 aromatic carbocycles. The molecule has 1 atom stereocenters. The molecule has 0 bridgehead atoms. The van der Waals surface area contributed by atoms with Crippen molar-refractivity contribution in [1.29, 1.82) is 0 Å². The fraction of sp³-hybridized carbons (Fsp3) is 0.476. The number of aromatic nitrogens is 6. The van der Waals surface area contributed by atoms with Crippen LogP contribution in [-0.4, -0.2) is 68.7 Å². The number of para-hydroxylation sites is 1. The second kappa shape index (κ2) is 10.3. The lowest BCUT2D eigenvalue weighted by Crippen LogP contribution is -2.38. The predicted octanol–water partition coefficient (Wildman–Crippen LogP) is 2.10. The van der Waals surface area contributed by atoms with Crippen molar-refractivity contribution in [2.24, 2.45) is 0 Å². The van der Waals surface area contributed by atoms with Crippen molar-refractivity contribution in [3.05, 3.63) is 36.2 Å². The van der Waals surface area contributed by atoms with Gasteiger partial charge in [0.15, 0.2) is 5.16 Å². The Hall–Kier alpha value is -2.96. The van der Waals surface area contributed by atoms with E-state index in [-0.39, 0.29) is 12.1 Å². The summed E-state index contributed by atoms with van der Waals surface area (Å²) in [7, 11) is 0. The highest BCUT2D eigenvalue weighted by atomic mass is 32.2. The van der Waals surface area contributed by atoms with Crippen LogP contribution in [0.5, 0.6) is 0 Å². The number of hydrogen-bond donors (Lipinski definition) is 2. The Morgan fingerprint density at radius 2 is 1.91 bits per heavy atom. The normalized spacial score (nSPS) is 18.5. The number of rotatable bonds is 8. The molecule has 1 unspecified atom stereocenters. The van der Waals surface area contributed by atoms with Crippen molar-refractivity contribution in [2.75, 3.05) is 48.9 Å². The first-order chi connectivity index (χ1) is 16.2. The van der Waals surface area contributed by atoms with E-state index >= 15 is 0 Å². The molecule has 2 saturated heterocycles. The van der Waals surface area contributed by atoms with E-state index in [1.165, 1.54) is 11.8 Å². The van der Waals surface area contributed by atoms with E-state index < -0.39 is 0 Å². The van der Waals surface area contributed by atoms with Gasteiger partial charge in [-0.15, -0.1) is 10.2 Å². The molecule has 2 aromatic heterocycles. The third-order valence-corrected chi connectivity index (χ3v) is 6.42. The van der Waals surface area contributed by atoms with E-state index in [1.807, 2.05) is 30.3 Å². The zero-order valence-electron chi connectivity index (χ0n) is 18.3. The lowest BCUT2D eigenvalue weighted by Gasteiger charge is -2.28. The van der Waals surface area contributed by atoms with Crippen molar-refractivity contribution in [3.8, 4) is 0 Å². The van der Waals surface area contributed by atoms with Gasteiger partial charge in [-0.05, 0) is 25.0 Å². The monoisotopic (exact) mass is 469 g/mol. The van der Waals surface area contributed by atoms with Crippen LogP contribution in [0.15, 0.2) is 35.5 Å². The number of nitrogens with one attached hydrogen (secondary N) is 1. The molecule has 0 spiro atoms. The Bertz CT molecular complexity index is 1050. The lowest BCUT2D eigenvalue weighted by atomic mass is 10.2. The molecule has 3 aromatic rings. The van der Waals surface area contributed by atoms with Crippen LogP contribution in [0.25, 0.3) is 0 Å². The summed E-state index contributed by atoms with van der Waals surface area (Å²) < 4.78 is 13.5. The van der Waals surface area contributed by atoms with Crippen LogP contribution in [-0.2, 0) is 21.8 Å². The van der Waals surface area contributed by atoms with Crippen LogP contribution in [0.4, 0.5) is 23.5 Å². The van der Waals surface area contributed by atoms with Crippen LogP contribution >= 0.6 is 11.8 Å². The highest BCUT2D eigenvalue weighted by Crippen LogP contribution is 2.27. The van der Waals surface area contributed by atoms with Gasteiger partial charge in [-0.3, -0.25) is 4.57 Å². The third-order valence-electron chi connectivity index (χ3n) is 5.46. The van der Waals surface area contributed by atoms with Crippen LogP contribution in [0.3, 0.4) is 0 Å². The highest BCUT2D eigenvalue weighted by Gasteiger charge is 2.25. The number of morpholine rings is 1. The zero-order valence-corrected chi connectivity index (χ0v) is 19.1. The number of hydrogen-bond acceptors (Lipinski definition) is 11. The van der Waals surface area contributed by atoms with Crippen molar-refractivity contribution >= 4 is 35.3 Å². The molecule has 2 fully saturated rings. The molecular formula is C21H27N9O2S. The van der Waals surface area contributed by atoms with E-state index in [0.717, 1.165) is 55.9 Å². The molecule has 2 aliphatic rings. The average Bonchev–Trinajstić information content (AvgIpc) is 3.49. The number of ether oxygens (including phenoxy) is 2. The van der Waals surface area contributed by atoms with Gasteiger partial charge in [0.25, 0.3) is 0 Å². The van der Waals surface area contributed by atoms with Gasteiger partial charge in [0.2, 0.25) is 17.8 Å². The quantitative estimate of drug-likeness (QED) is 0.470. The number of nitrogen functional groups attached to an aromatic ring is 1. The number of thioether (sulfide) groups is 1. The largest absolute Gasteiger partial charge is 0.378 e. The summed E-state index contributed by atoms with van der Waals surface area (Å²) in [5.74, 6) is 2.51. The fourth-order valence-corrected chi connectivity index (χ4v) is 4.67. The van der Waals surface area contributed by atoms with Gasteiger partial charge in [0, 0.05) is 25.4 Å². The van der Waals surface area contributed by atoms with E-state index in [4.69, 9.17) is 15.2 Å². The van der Waals surface area contributed by atoms with E-state index in [2.05, 4.69) is 39.9 Å². The van der Waals surface area contributed by atoms with Crippen LogP contribution in [0.1, 0.15) is 18.7 Å². The minimum Gasteiger partial charge on any atom is -0.378 e. The number of anilines is 4. The molecule has 3 N–H and O–H groups in total. The molecule has 0 aliphatic carbocycles. The number of benzene rings is 1. The molecule has 11 nitrogen and oxygen atoms in total. The average molecular weight is 470 g/mol. The van der Waals surface area contributed by atoms with Crippen LogP contribution in [0, 0.1) is 0 Å². The van der Waals surface area contributed by atoms with E-state index in [9.17, 15) is 0 Å². The molecule has 0 radical (unpaired) electrons. The molecule has 5 rings (SSSR count). The van der Waals surface area contributed by atoms with Crippen LogP contribution in [0.2, 0.25) is 0 Å². The SMILES string of the molecule is Nc1nc(CSc2nnc(N3CCOCC3)n2CC2CCCO2)nc(Nc2ccccc2)n1. The van der Waals surface area contributed by atoms with Gasteiger partial charge in [-0.25, -0.2) is 0 Å². The Kier molecular flexibility index (Phi) is 6.84. The Morgan fingerprint density at radius 1 is 1.06 bits per heavy atom. The first-order valence-corrected chi connectivity index (χ1v) is 12.1. The molecule has 2 aliphatic heterocycles. The van der Waals surface area contributed by atoms with Gasteiger partial charge < -0.3 is 25.4 Å². The summed E-state index contributed by atoms with van der Waals surface area (Å²) >= 11 is 1.53. The van der Waals surface area contributed by atoms with E-state index in [0.29, 0.717) is 30.7 Å². The van der Waals surface area contributed by atoms with Gasteiger partial charge in [-0.1, -0.05) is 30.0 Å². The first kappa shape index (κ1) is 21.9. The van der Waals surface area contributed by atoms with Crippen molar-refractivity contribution in [2.45, 2.75) is 36.4 Å². The second-order valence-electron chi connectivity index (χ2n) is 7.84. The van der Waals surface area contributed by atoms with Crippen molar-refractivity contribution < 1.29 is 9.47 Å². The maximum Gasteiger partial charge on any atom is 0.232 e. The maximum absolute atomic E-state index is 5.94. The van der Waals surface area contributed by atoms with Gasteiger partial charge >= 0.3 is 0 Å². The summed E-state index contributed by atoms with van der Waals surface area (Å²) in [5, 5.41) is 13.0. The smallest absolute Gasteiger partial charge is 0.232 e. The van der Waals surface area contributed by atoms with Gasteiger partial charge in [-0.2, -0.15) is 15.0 Å².